The van der Waals surface area contributed by atoms with Gasteiger partial charge in [-0.25, -0.2) is 4.79 Å². The number of ether oxygens (including phenoxy) is 2. The van der Waals surface area contributed by atoms with Gasteiger partial charge in [0, 0.05) is 42.5 Å². The summed E-state index contributed by atoms with van der Waals surface area (Å²) < 4.78 is 16.1. The van der Waals surface area contributed by atoms with E-state index in [1.54, 1.807) is 11.0 Å². The Morgan fingerprint density at radius 3 is 2.50 bits per heavy atom. The number of amides is 1. The fourth-order valence-electron chi connectivity index (χ4n) is 3.48. The van der Waals surface area contributed by atoms with E-state index >= 15 is 0 Å². The molecular formula is C24H23ClN2O5. The van der Waals surface area contributed by atoms with Gasteiger partial charge in [-0.1, -0.05) is 35.9 Å². The SMILES string of the molecule is O=C(OCC(=O)N1CCN(c2cccc(Cl)c2)CC1)c1occc1COc1ccccc1. The number of anilines is 1. The van der Waals surface area contributed by atoms with Crippen molar-refractivity contribution in [1.29, 1.82) is 0 Å². The highest BCUT2D eigenvalue weighted by atomic mass is 35.5. The minimum Gasteiger partial charge on any atom is -0.489 e. The number of nitrogens with zero attached hydrogens (tertiary/aromatic N) is 2. The molecule has 1 saturated heterocycles. The number of halogens is 1. The Labute approximate surface area is 191 Å². The van der Waals surface area contributed by atoms with Crippen molar-refractivity contribution < 1.29 is 23.5 Å². The summed E-state index contributed by atoms with van der Waals surface area (Å²) in [5.74, 6) is -0.204. The smallest absolute Gasteiger partial charge is 0.375 e. The molecule has 1 aliphatic heterocycles. The Kier molecular flexibility index (Phi) is 6.97. The van der Waals surface area contributed by atoms with Gasteiger partial charge in [-0.3, -0.25) is 4.79 Å². The molecule has 2 aromatic carbocycles. The van der Waals surface area contributed by atoms with E-state index in [0.29, 0.717) is 42.5 Å². The molecule has 1 aromatic heterocycles. The van der Waals surface area contributed by atoms with E-state index in [0.717, 1.165) is 5.69 Å². The molecule has 1 fully saturated rings. The molecule has 0 atom stereocenters. The molecule has 0 N–H and O–H groups in total. The zero-order valence-corrected chi connectivity index (χ0v) is 18.2. The second-order valence-electron chi connectivity index (χ2n) is 7.30. The topological polar surface area (TPSA) is 72.2 Å². The summed E-state index contributed by atoms with van der Waals surface area (Å²) in [6.07, 6.45) is 1.40. The minimum atomic E-state index is -0.687. The molecule has 3 aromatic rings. The number of piperazine rings is 1. The molecule has 0 aliphatic carbocycles. The Balaban J connectivity index is 1.25. The zero-order valence-electron chi connectivity index (χ0n) is 17.4. The van der Waals surface area contributed by atoms with Gasteiger partial charge in [-0.05, 0) is 36.4 Å². The summed E-state index contributed by atoms with van der Waals surface area (Å²) in [6, 6.07) is 18.5. The van der Waals surface area contributed by atoms with Crippen LogP contribution in [0.15, 0.2) is 71.3 Å². The van der Waals surface area contributed by atoms with Gasteiger partial charge < -0.3 is 23.7 Å². The van der Waals surface area contributed by atoms with Crippen LogP contribution in [0.5, 0.6) is 5.75 Å². The molecule has 166 valence electrons. The van der Waals surface area contributed by atoms with Crippen molar-refractivity contribution in [3.63, 3.8) is 0 Å². The number of furan rings is 1. The highest BCUT2D eigenvalue weighted by molar-refractivity contribution is 6.30. The van der Waals surface area contributed by atoms with Crippen LogP contribution in [0.3, 0.4) is 0 Å². The Hall–Kier alpha value is -3.45. The first-order valence-corrected chi connectivity index (χ1v) is 10.7. The minimum absolute atomic E-state index is 0.0412. The molecule has 0 spiro atoms. The maximum atomic E-state index is 12.5. The molecule has 0 radical (unpaired) electrons. The van der Waals surface area contributed by atoms with Crippen LogP contribution in [-0.4, -0.2) is 49.6 Å². The monoisotopic (exact) mass is 454 g/mol. The summed E-state index contributed by atoms with van der Waals surface area (Å²) >= 11 is 6.06. The van der Waals surface area contributed by atoms with Crippen LogP contribution in [0.4, 0.5) is 5.69 Å². The average Bonchev–Trinajstić information content (AvgIpc) is 3.30. The van der Waals surface area contributed by atoms with E-state index in [9.17, 15) is 9.59 Å². The van der Waals surface area contributed by atoms with Gasteiger partial charge >= 0.3 is 5.97 Å². The Bertz CT molecular complexity index is 1060. The van der Waals surface area contributed by atoms with E-state index in [1.165, 1.54) is 6.26 Å². The molecule has 0 saturated carbocycles. The Morgan fingerprint density at radius 1 is 0.969 bits per heavy atom. The highest BCUT2D eigenvalue weighted by Crippen LogP contribution is 2.21. The average molecular weight is 455 g/mol. The number of hydrogen-bond acceptors (Lipinski definition) is 6. The van der Waals surface area contributed by atoms with Gasteiger partial charge in [0.15, 0.2) is 6.61 Å². The molecule has 1 aliphatic rings. The second-order valence-corrected chi connectivity index (χ2v) is 7.74. The van der Waals surface area contributed by atoms with Crippen molar-refractivity contribution in [3.8, 4) is 5.75 Å². The van der Waals surface area contributed by atoms with Gasteiger partial charge in [0.1, 0.15) is 12.4 Å². The molecular weight excluding hydrogens is 432 g/mol. The predicted octanol–water partition coefficient (Wildman–Crippen LogP) is 4.02. The van der Waals surface area contributed by atoms with E-state index in [-0.39, 0.29) is 24.9 Å². The number of benzene rings is 2. The summed E-state index contributed by atoms with van der Waals surface area (Å²) in [5, 5.41) is 0.680. The first kappa shape index (κ1) is 21.8. The Morgan fingerprint density at radius 2 is 1.75 bits per heavy atom. The van der Waals surface area contributed by atoms with Crippen LogP contribution in [0, 0.1) is 0 Å². The van der Waals surface area contributed by atoms with Gasteiger partial charge in [0.05, 0.1) is 6.26 Å². The highest BCUT2D eigenvalue weighted by Gasteiger charge is 2.24. The van der Waals surface area contributed by atoms with Gasteiger partial charge in [0.2, 0.25) is 5.76 Å². The third-order valence-electron chi connectivity index (χ3n) is 5.20. The second kappa shape index (κ2) is 10.2. The van der Waals surface area contributed by atoms with Crippen molar-refractivity contribution in [2.45, 2.75) is 6.61 Å². The molecule has 4 rings (SSSR count). The quantitative estimate of drug-likeness (QED) is 0.502. The van der Waals surface area contributed by atoms with Crippen molar-refractivity contribution in [1.82, 2.24) is 4.90 Å². The maximum absolute atomic E-state index is 12.5. The molecule has 32 heavy (non-hydrogen) atoms. The molecule has 0 bridgehead atoms. The lowest BCUT2D eigenvalue weighted by Gasteiger charge is -2.36. The normalized spacial score (nSPS) is 13.7. The van der Waals surface area contributed by atoms with Crippen LogP contribution in [0.25, 0.3) is 0 Å². The third-order valence-corrected chi connectivity index (χ3v) is 5.44. The van der Waals surface area contributed by atoms with Crippen LogP contribution in [-0.2, 0) is 16.1 Å². The van der Waals surface area contributed by atoms with E-state index in [2.05, 4.69) is 4.90 Å². The van der Waals surface area contributed by atoms with Gasteiger partial charge in [-0.2, -0.15) is 0 Å². The van der Waals surface area contributed by atoms with E-state index in [4.69, 9.17) is 25.5 Å². The summed E-state index contributed by atoms with van der Waals surface area (Å²) in [4.78, 5) is 28.8. The number of esters is 1. The number of para-hydroxylation sites is 1. The van der Waals surface area contributed by atoms with Crippen LogP contribution in [0.1, 0.15) is 16.1 Å². The fraction of sp³-hybridized carbons (Fsp3) is 0.250. The number of carbonyl (C=O) groups is 2. The maximum Gasteiger partial charge on any atom is 0.375 e. The number of hydrogen-bond donors (Lipinski definition) is 0. The standard InChI is InChI=1S/C24H23ClN2O5/c25-19-5-4-6-20(15-19)26-10-12-27(13-11-26)22(28)17-32-24(29)23-18(9-14-30-23)16-31-21-7-2-1-3-8-21/h1-9,14-15H,10-13,16-17H2. The zero-order chi connectivity index (χ0) is 22.3. The molecule has 1 amide bonds. The molecule has 2 heterocycles. The van der Waals surface area contributed by atoms with Crippen molar-refractivity contribution in [2.75, 3.05) is 37.7 Å². The van der Waals surface area contributed by atoms with Crippen LogP contribution < -0.4 is 9.64 Å². The van der Waals surface area contributed by atoms with Crippen molar-refractivity contribution in [2.24, 2.45) is 0 Å². The summed E-state index contributed by atoms with van der Waals surface area (Å²) in [6.45, 7) is 2.26. The lowest BCUT2D eigenvalue weighted by Crippen LogP contribution is -2.49. The van der Waals surface area contributed by atoms with Crippen molar-refractivity contribution in [3.05, 3.63) is 83.3 Å². The number of carbonyl (C=O) groups excluding carboxylic acids is 2. The summed E-state index contributed by atoms with van der Waals surface area (Å²) in [7, 11) is 0. The number of rotatable bonds is 7. The largest absolute Gasteiger partial charge is 0.489 e. The van der Waals surface area contributed by atoms with Crippen LogP contribution >= 0.6 is 11.6 Å². The fourth-order valence-corrected chi connectivity index (χ4v) is 3.66. The van der Waals surface area contributed by atoms with Crippen molar-refractivity contribution >= 4 is 29.2 Å². The lowest BCUT2D eigenvalue weighted by molar-refractivity contribution is -0.134. The first-order chi connectivity index (χ1) is 15.6. The van der Waals surface area contributed by atoms with E-state index in [1.807, 2.05) is 54.6 Å². The predicted molar refractivity (Wildman–Crippen MR) is 120 cm³/mol. The van der Waals surface area contributed by atoms with E-state index < -0.39 is 5.97 Å². The summed E-state index contributed by atoms with van der Waals surface area (Å²) in [5.41, 5.74) is 1.58. The van der Waals surface area contributed by atoms with Crippen LogP contribution in [0.2, 0.25) is 5.02 Å². The third kappa shape index (κ3) is 5.42. The molecule has 8 heteroatoms. The lowest BCUT2D eigenvalue weighted by atomic mass is 10.2. The molecule has 0 unspecified atom stereocenters. The molecule has 7 nitrogen and oxygen atoms in total. The van der Waals surface area contributed by atoms with Gasteiger partial charge in [-0.15, -0.1) is 0 Å². The first-order valence-electron chi connectivity index (χ1n) is 10.3. The van der Waals surface area contributed by atoms with Gasteiger partial charge in [0.25, 0.3) is 5.91 Å².